The van der Waals surface area contributed by atoms with Crippen molar-refractivity contribution in [1.29, 1.82) is 0 Å². The lowest BCUT2D eigenvalue weighted by Crippen LogP contribution is -2.39. The smallest absolute Gasteiger partial charge is 0.255 e. The van der Waals surface area contributed by atoms with Crippen molar-refractivity contribution in [2.24, 2.45) is 0 Å². The maximum Gasteiger partial charge on any atom is 0.255 e. The third-order valence-corrected chi connectivity index (χ3v) is 3.15. The number of carbonyl (C=O) groups is 2. The number of anilines is 2. The van der Waals surface area contributed by atoms with Crippen LogP contribution in [0.4, 0.5) is 11.4 Å². The normalized spacial score (nSPS) is 18.4. The predicted molar refractivity (Wildman–Crippen MR) is 77.6 cm³/mol. The second-order valence-electron chi connectivity index (χ2n) is 4.29. The SMILES string of the molecule is CC(=O)Nc1ccc(Br)cc1NC(=O)C1COCCO1. The number of halogens is 1. The molecule has 1 saturated heterocycles. The second kappa shape index (κ2) is 6.83. The summed E-state index contributed by atoms with van der Waals surface area (Å²) in [5.74, 6) is -0.505. The van der Waals surface area contributed by atoms with Gasteiger partial charge >= 0.3 is 0 Å². The van der Waals surface area contributed by atoms with Crippen LogP contribution in [0.5, 0.6) is 0 Å². The van der Waals surface area contributed by atoms with E-state index in [-0.39, 0.29) is 18.4 Å². The van der Waals surface area contributed by atoms with Crippen LogP contribution in [0.15, 0.2) is 22.7 Å². The Morgan fingerprint density at radius 2 is 2.05 bits per heavy atom. The van der Waals surface area contributed by atoms with Crippen molar-refractivity contribution in [1.82, 2.24) is 0 Å². The van der Waals surface area contributed by atoms with Crippen LogP contribution in [0, 0.1) is 0 Å². The minimum Gasteiger partial charge on any atom is -0.376 e. The van der Waals surface area contributed by atoms with Gasteiger partial charge in [-0.1, -0.05) is 15.9 Å². The van der Waals surface area contributed by atoms with Gasteiger partial charge in [-0.3, -0.25) is 9.59 Å². The molecule has 0 bridgehead atoms. The van der Waals surface area contributed by atoms with E-state index in [4.69, 9.17) is 9.47 Å². The van der Waals surface area contributed by atoms with Gasteiger partial charge in [0.1, 0.15) is 0 Å². The molecule has 1 aromatic rings. The van der Waals surface area contributed by atoms with E-state index >= 15 is 0 Å². The number of rotatable bonds is 3. The van der Waals surface area contributed by atoms with E-state index in [1.165, 1.54) is 6.92 Å². The van der Waals surface area contributed by atoms with Gasteiger partial charge in [0.25, 0.3) is 5.91 Å². The number of benzene rings is 1. The van der Waals surface area contributed by atoms with Crippen LogP contribution in [-0.2, 0) is 19.1 Å². The summed E-state index contributed by atoms with van der Waals surface area (Å²) < 4.78 is 11.3. The highest BCUT2D eigenvalue weighted by molar-refractivity contribution is 9.10. The van der Waals surface area contributed by atoms with Crippen LogP contribution in [0.2, 0.25) is 0 Å². The molecule has 1 unspecified atom stereocenters. The van der Waals surface area contributed by atoms with Crippen molar-refractivity contribution in [2.45, 2.75) is 13.0 Å². The van der Waals surface area contributed by atoms with Gasteiger partial charge in [-0.2, -0.15) is 0 Å². The van der Waals surface area contributed by atoms with Crippen molar-refractivity contribution < 1.29 is 19.1 Å². The lowest BCUT2D eigenvalue weighted by atomic mass is 10.2. The number of nitrogens with one attached hydrogen (secondary N) is 2. The molecule has 6 nitrogen and oxygen atoms in total. The molecule has 1 atom stereocenters. The fourth-order valence-corrected chi connectivity index (χ4v) is 2.13. The fraction of sp³-hybridized carbons (Fsp3) is 0.385. The standard InChI is InChI=1S/C13H15BrN2O4/c1-8(17)15-10-3-2-9(14)6-11(10)16-13(18)12-7-19-4-5-20-12/h2-3,6,12H,4-5,7H2,1H3,(H,15,17)(H,16,18). The third-order valence-electron chi connectivity index (χ3n) is 2.66. The molecule has 108 valence electrons. The minimum atomic E-state index is -0.632. The van der Waals surface area contributed by atoms with Crippen LogP contribution in [-0.4, -0.2) is 37.7 Å². The van der Waals surface area contributed by atoms with Gasteiger partial charge in [0.05, 0.1) is 31.2 Å². The molecule has 0 spiro atoms. The predicted octanol–water partition coefficient (Wildman–Crippen LogP) is 1.76. The minimum absolute atomic E-state index is 0.208. The van der Waals surface area contributed by atoms with E-state index < -0.39 is 6.10 Å². The lowest BCUT2D eigenvalue weighted by molar-refractivity contribution is -0.142. The van der Waals surface area contributed by atoms with Crippen LogP contribution < -0.4 is 10.6 Å². The Kier molecular flexibility index (Phi) is 5.11. The molecular formula is C13H15BrN2O4. The van der Waals surface area contributed by atoms with Crippen LogP contribution in [0.1, 0.15) is 6.92 Å². The Labute approximate surface area is 124 Å². The molecule has 7 heteroatoms. The van der Waals surface area contributed by atoms with Gasteiger partial charge in [0, 0.05) is 11.4 Å². The number of hydrogen-bond donors (Lipinski definition) is 2. The third kappa shape index (κ3) is 4.03. The molecule has 20 heavy (non-hydrogen) atoms. The van der Waals surface area contributed by atoms with Gasteiger partial charge in [0.15, 0.2) is 6.10 Å². The van der Waals surface area contributed by atoms with Crippen molar-refractivity contribution in [2.75, 3.05) is 30.5 Å². The van der Waals surface area contributed by atoms with E-state index in [1.54, 1.807) is 18.2 Å². The number of ether oxygens (including phenoxy) is 2. The average Bonchev–Trinajstić information content (AvgIpc) is 2.42. The molecule has 1 aromatic carbocycles. The highest BCUT2D eigenvalue weighted by Gasteiger charge is 2.23. The molecular weight excluding hydrogens is 328 g/mol. The van der Waals surface area contributed by atoms with E-state index in [9.17, 15) is 9.59 Å². The molecule has 0 aliphatic carbocycles. The van der Waals surface area contributed by atoms with Gasteiger partial charge in [-0.15, -0.1) is 0 Å². The molecule has 2 N–H and O–H groups in total. The molecule has 2 amide bonds. The molecule has 1 fully saturated rings. The summed E-state index contributed by atoms with van der Waals surface area (Å²) in [5, 5.41) is 5.40. The van der Waals surface area contributed by atoms with Gasteiger partial charge in [-0.25, -0.2) is 0 Å². The highest BCUT2D eigenvalue weighted by atomic mass is 79.9. The first-order valence-corrected chi connectivity index (χ1v) is 6.93. The lowest BCUT2D eigenvalue weighted by Gasteiger charge is -2.22. The number of carbonyl (C=O) groups excluding carboxylic acids is 2. The zero-order chi connectivity index (χ0) is 14.5. The van der Waals surface area contributed by atoms with Crippen molar-refractivity contribution in [3.8, 4) is 0 Å². The second-order valence-corrected chi connectivity index (χ2v) is 5.21. The molecule has 0 radical (unpaired) electrons. The summed E-state index contributed by atoms with van der Waals surface area (Å²) >= 11 is 3.33. The van der Waals surface area contributed by atoms with Crippen LogP contribution in [0.25, 0.3) is 0 Å². The maximum absolute atomic E-state index is 12.1. The summed E-state index contributed by atoms with van der Waals surface area (Å²) in [6, 6.07) is 5.20. The van der Waals surface area contributed by atoms with Crippen molar-refractivity contribution >= 4 is 39.1 Å². The Morgan fingerprint density at radius 1 is 1.25 bits per heavy atom. The summed E-state index contributed by atoms with van der Waals surface area (Å²) in [5.41, 5.74) is 1.04. The quantitative estimate of drug-likeness (QED) is 0.877. The van der Waals surface area contributed by atoms with E-state index in [0.29, 0.717) is 24.6 Å². The Hall–Kier alpha value is -1.44. The first-order valence-electron chi connectivity index (χ1n) is 6.13. The fourth-order valence-electron chi connectivity index (χ4n) is 1.77. The monoisotopic (exact) mass is 342 g/mol. The topological polar surface area (TPSA) is 76.7 Å². The summed E-state index contributed by atoms with van der Waals surface area (Å²) in [4.78, 5) is 23.2. The molecule has 0 aromatic heterocycles. The van der Waals surface area contributed by atoms with E-state index in [1.807, 2.05) is 0 Å². The van der Waals surface area contributed by atoms with Crippen molar-refractivity contribution in [3.63, 3.8) is 0 Å². The largest absolute Gasteiger partial charge is 0.376 e. The highest BCUT2D eigenvalue weighted by Crippen LogP contribution is 2.26. The van der Waals surface area contributed by atoms with Gasteiger partial charge in [0.2, 0.25) is 5.91 Å². The van der Waals surface area contributed by atoms with Crippen molar-refractivity contribution in [3.05, 3.63) is 22.7 Å². The summed E-state index contributed by atoms with van der Waals surface area (Å²) in [6.07, 6.45) is -0.632. The molecule has 1 aliphatic heterocycles. The molecule has 2 rings (SSSR count). The van der Waals surface area contributed by atoms with Crippen LogP contribution >= 0.6 is 15.9 Å². The van der Waals surface area contributed by atoms with Gasteiger partial charge in [-0.05, 0) is 18.2 Å². The summed E-state index contributed by atoms with van der Waals surface area (Å²) in [7, 11) is 0. The summed E-state index contributed by atoms with van der Waals surface area (Å²) in [6.45, 7) is 2.54. The number of hydrogen-bond acceptors (Lipinski definition) is 4. The molecule has 0 saturated carbocycles. The van der Waals surface area contributed by atoms with Gasteiger partial charge < -0.3 is 20.1 Å². The zero-order valence-corrected chi connectivity index (χ0v) is 12.5. The average molecular weight is 343 g/mol. The Balaban J connectivity index is 2.12. The zero-order valence-electron chi connectivity index (χ0n) is 10.9. The first-order chi connectivity index (χ1) is 9.56. The van der Waals surface area contributed by atoms with E-state index in [0.717, 1.165) is 4.47 Å². The Bertz CT molecular complexity index is 515. The van der Waals surface area contributed by atoms with E-state index in [2.05, 4.69) is 26.6 Å². The number of amides is 2. The first kappa shape index (κ1) is 15.0. The van der Waals surface area contributed by atoms with Crippen LogP contribution in [0.3, 0.4) is 0 Å². The molecule has 1 heterocycles. The molecule has 1 aliphatic rings. The maximum atomic E-state index is 12.1. The Morgan fingerprint density at radius 3 is 2.70 bits per heavy atom.